The van der Waals surface area contributed by atoms with E-state index in [2.05, 4.69) is 22.5 Å². The van der Waals surface area contributed by atoms with Crippen LogP contribution in [0.2, 0.25) is 0 Å². The van der Waals surface area contributed by atoms with Crippen LogP contribution in [0.3, 0.4) is 0 Å². The van der Waals surface area contributed by atoms with E-state index in [4.69, 9.17) is 0 Å². The summed E-state index contributed by atoms with van der Waals surface area (Å²) in [4.78, 5) is 16.8. The maximum Gasteiger partial charge on any atom is 0.337 e. The Balaban J connectivity index is 1.87. The average molecular weight is 307 g/mol. The van der Waals surface area contributed by atoms with Crippen molar-refractivity contribution in [2.24, 2.45) is 0 Å². The molecule has 1 aromatic carbocycles. The van der Waals surface area contributed by atoms with Crippen molar-refractivity contribution in [3.05, 3.63) is 76.5 Å². The van der Waals surface area contributed by atoms with Gasteiger partial charge in [-0.2, -0.15) is 0 Å². The number of pyridine rings is 1. The van der Waals surface area contributed by atoms with Gasteiger partial charge in [0.25, 0.3) is 0 Å². The van der Waals surface area contributed by atoms with Crippen molar-refractivity contribution in [3.63, 3.8) is 0 Å². The summed E-state index contributed by atoms with van der Waals surface area (Å²) in [6.45, 7) is 1.97. The molecule has 0 bridgehead atoms. The van der Waals surface area contributed by atoms with E-state index >= 15 is 0 Å². The second kappa shape index (κ2) is 4.96. The quantitative estimate of drug-likeness (QED) is 0.568. The minimum atomic E-state index is -0.0920. The Bertz CT molecular complexity index is 1030. The predicted octanol–water partition coefficient (Wildman–Crippen LogP) is 3.55. The Kier molecular flexibility index (Phi) is 2.94. The Morgan fingerprint density at radius 1 is 1.09 bits per heavy atom. The molecule has 0 N–H and O–H groups in total. The van der Waals surface area contributed by atoms with Crippen molar-refractivity contribution in [2.75, 3.05) is 0 Å². The zero-order valence-corrected chi connectivity index (χ0v) is 12.7. The molecule has 3 aromatic heterocycles. The molecule has 0 radical (unpaired) electrons. The minimum absolute atomic E-state index is 0.0920. The Hall–Kier alpha value is -2.66. The summed E-state index contributed by atoms with van der Waals surface area (Å²) in [7, 11) is 0. The lowest BCUT2D eigenvalue weighted by atomic mass is 10.2. The van der Waals surface area contributed by atoms with Crippen LogP contribution in [-0.4, -0.2) is 14.1 Å². The number of hydrogen-bond acceptors (Lipinski definition) is 3. The van der Waals surface area contributed by atoms with E-state index in [9.17, 15) is 4.79 Å². The summed E-state index contributed by atoms with van der Waals surface area (Å²) >= 11 is 1.70. The highest BCUT2D eigenvalue weighted by atomic mass is 32.1. The van der Waals surface area contributed by atoms with Crippen LogP contribution < -0.4 is 5.69 Å². The van der Waals surface area contributed by atoms with E-state index in [1.807, 2.05) is 25.1 Å². The highest BCUT2D eigenvalue weighted by Gasteiger charge is 2.09. The van der Waals surface area contributed by atoms with Gasteiger partial charge in [0.1, 0.15) is 0 Å². The lowest BCUT2D eigenvalue weighted by Crippen LogP contribution is -2.22. The summed E-state index contributed by atoms with van der Waals surface area (Å²) in [5.74, 6) is 0. The third-order valence-electron chi connectivity index (χ3n) is 3.76. The summed E-state index contributed by atoms with van der Waals surface area (Å²) in [6.07, 6.45) is 7.01. The fourth-order valence-corrected chi connectivity index (χ4v) is 3.34. The van der Waals surface area contributed by atoms with Crippen LogP contribution in [-0.2, 0) is 0 Å². The van der Waals surface area contributed by atoms with E-state index < -0.39 is 0 Å². The van der Waals surface area contributed by atoms with Gasteiger partial charge in [-0.15, -0.1) is 11.3 Å². The molecule has 0 fully saturated rings. The zero-order chi connectivity index (χ0) is 15.1. The summed E-state index contributed by atoms with van der Waals surface area (Å²) in [5, 5.41) is 3.21. The van der Waals surface area contributed by atoms with Crippen molar-refractivity contribution < 1.29 is 0 Å². The summed E-state index contributed by atoms with van der Waals surface area (Å²) < 4.78 is 4.50. The first-order chi connectivity index (χ1) is 10.7. The zero-order valence-electron chi connectivity index (χ0n) is 11.9. The molecule has 108 valence electrons. The number of nitrogens with zero attached hydrogens (tertiary/aromatic N) is 3. The number of hydrogen-bond donors (Lipinski definition) is 0. The minimum Gasteiger partial charge on any atom is -0.268 e. The Morgan fingerprint density at radius 2 is 1.95 bits per heavy atom. The van der Waals surface area contributed by atoms with E-state index in [1.165, 1.54) is 4.70 Å². The molecule has 0 aliphatic heterocycles. The van der Waals surface area contributed by atoms with Gasteiger partial charge in [-0.1, -0.05) is 0 Å². The van der Waals surface area contributed by atoms with Gasteiger partial charge in [0.15, 0.2) is 0 Å². The molecule has 4 aromatic rings. The van der Waals surface area contributed by atoms with Crippen molar-refractivity contribution in [2.45, 2.75) is 6.92 Å². The fourth-order valence-electron chi connectivity index (χ4n) is 2.57. The smallest absolute Gasteiger partial charge is 0.268 e. The van der Waals surface area contributed by atoms with E-state index in [1.54, 1.807) is 45.3 Å². The molecule has 5 heteroatoms. The third-order valence-corrected chi connectivity index (χ3v) is 4.66. The van der Waals surface area contributed by atoms with Crippen LogP contribution in [0, 0.1) is 6.92 Å². The first kappa shape index (κ1) is 13.0. The van der Waals surface area contributed by atoms with Gasteiger partial charge in [0.05, 0.1) is 17.6 Å². The average Bonchev–Trinajstić information content (AvgIpc) is 3.13. The molecule has 0 aliphatic rings. The molecule has 0 amide bonds. The molecule has 4 rings (SSSR count). The molecule has 0 spiro atoms. The molecule has 4 nitrogen and oxygen atoms in total. The highest BCUT2D eigenvalue weighted by Crippen LogP contribution is 2.23. The number of aromatic nitrogens is 3. The highest BCUT2D eigenvalue weighted by molar-refractivity contribution is 7.17. The molecule has 0 saturated carbocycles. The van der Waals surface area contributed by atoms with Gasteiger partial charge in [-0.05, 0) is 53.6 Å². The second-order valence-electron chi connectivity index (χ2n) is 5.13. The molecular formula is C17H13N3OS. The fraction of sp³-hybridized carbons (Fsp3) is 0.0588. The molecule has 0 saturated heterocycles. The van der Waals surface area contributed by atoms with E-state index in [-0.39, 0.29) is 5.69 Å². The number of thiophene rings is 1. The van der Waals surface area contributed by atoms with E-state index in [0.29, 0.717) is 0 Å². The van der Waals surface area contributed by atoms with Crippen LogP contribution in [0.4, 0.5) is 0 Å². The lowest BCUT2D eigenvalue weighted by Gasteiger charge is -2.05. The monoisotopic (exact) mass is 307 g/mol. The van der Waals surface area contributed by atoms with Gasteiger partial charge in [0, 0.05) is 23.3 Å². The lowest BCUT2D eigenvalue weighted by molar-refractivity contribution is 0.899. The molecule has 0 aliphatic carbocycles. The molecule has 22 heavy (non-hydrogen) atoms. The SMILES string of the molecule is Cc1ccncc1-n1ccn(-c2ccc3sccc3c2)c1=O. The van der Waals surface area contributed by atoms with Crippen LogP contribution in [0.15, 0.2) is 65.3 Å². The predicted molar refractivity (Wildman–Crippen MR) is 89.3 cm³/mol. The van der Waals surface area contributed by atoms with Crippen molar-refractivity contribution in [1.82, 2.24) is 14.1 Å². The van der Waals surface area contributed by atoms with Crippen LogP contribution >= 0.6 is 11.3 Å². The largest absolute Gasteiger partial charge is 0.337 e. The maximum absolute atomic E-state index is 12.7. The van der Waals surface area contributed by atoms with Gasteiger partial charge < -0.3 is 0 Å². The first-order valence-electron chi connectivity index (χ1n) is 6.93. The first-order valence-corrected chi connectivity index (χ1v) is 7.80. The van der Waals surface area contributed by atoms with Gasteiger partial charge in [-0.25, -0.2) is 4.79 Å². The molecule has 3 heterocycles. The number of fused-ring (bicyclic) bond motifs is 1. The second-order valence-corrected chi connectivity index (χ2v) is 6.07. The molecular weight excluding hydrogens is 294 g/mol. The Morgan fingerprint density at radius 3 is 2.82 bits per heavy atom. The topological polar surface area (TPSA) is 39.8 Å². The van der Waals surface area contributed by atoms with Gasteiger partial charge in [-0.3, -0.25) is 14.1 Å². The summed E-state index contributed by atoms with van der Waals surface area (Å²) in [5.41, 5.74) is 2.60. The van der Waals surface area contributed by atoms with Crippen molar-refractivity contribution in [3.8, 4) is 11.4 Å². The van der Waals surface area contributed by atoms with Crippen molar-refractivity contribution in [1.29, 1.82) is 0 Å². The van der Waals surface area contributed by atoms with Crippen LogP contribution in [0.25, 0.3) is 21.5 Å². The third kappa shape index (κ3) is 1.98. The normalized spacial score (nSPS) is 11.1. The van der Waals surface area contributed by atoms with Crippen LogP contribution in [0.5, 0.6) is 0 Å². The van der Waals surface area contributed by atoms with Gasteiger partial charge >= 0.3 is 5.69 Å². The number of aryl methyl sites for hydroxylation is 1. The molecule has 0 atom stereocenters. The number of rotatable bonds is 2. The Labute approximate surface area is 130 Å². The summed E-state index contributed by atoms with van der Waals surface area (Å²) in [6, 6.07) is 10.0. The molecule has 0 unspecified atom stereocenters. The standard InChI is InChI=1S/C17H13N3OS/c1-12-4-6-18-11-15(12)20-8-7-19(17(20)21)14-2-3-16-13(10-14)5-9-22-16/h2-11H,1H3. The number of imidazole rings is 1. The number of benzene rings is 1. The van der Waals surface area contributed by atoms with Crippen molar-refractivity contribution >= 4 is 21.4 Å². The van der Waals surface area contributed by atoms with Crippen LogP contribution in [0.1, 0.15) is 5.56 Å². The van der Waals surface area contributed by atoms with Gasteiger partial charge in [0.2, 0.25) is 0 Å². The maximum atomic E-state index is 12.7. The van der Waals surface area contributed by atoms with E-state index in [0.717, 1.165) is 22.3 Å².